The first-order valence-electron chi connectivity index (χ1n) is 6.05. The second kappa shape index (κ2) is 4.79. The second-order valence-electron chi connectivity index (χ2n) is 4.79. The molecule has 0 aromatic heterocycles. The Bertz CT molecular complexity index is 386. The first-order chi connectivity index (χ1) is 7.68. The molecule has 2 atom stereocenters. The summed E-state index contributed by atoms with van der Waals surface area (Å²) in [6.07, 6.45) is 4.24. The van der Waals surface area contributed by atoms with Crippen molar-refractivity contribution in [3.63, 3.8) is 0 Å². The highest BCUT2D eigenvalue weighted by Gasteiger charge is 2.28. The van der Waals surface area contributed by atoms with Gasteiger partial charge in [0, 0.05) is 17.5 Å². The van der Waals surface area contributed by atoms with Crippen LogP contribution in [0.2, 0.25) is 0 Å². The Labute approximate surface area is 96.8 Å². The summed E-state index contributed by atoms with van der Waals surface area (Å²) in [5, 5.41) is 0. The molecular weight excluding hydrogens is 198 g/mol. The third-order valence-corrected chi connectivity index (χ3v) is 3.46. The van der Waals surface area contributed by atoms with E-state index in [9.17, 15) is 4.79 Å². The lowest BCUT2D eigenvalue weighted by molar-refractivity contribution is 0.0871. The van der Waals surface area contributed by atoms with E-state index in [4.69, 9.17) is 5.73 Å². The van der Waals surface area contributed by atoms with Crippen molar-refractivity contribution in [2.75, 3.05) is 0 Å². The molecule has 0 bridgehead atoms. The molecule has 0 radical (unpaired) electrons. The first-order valence-corrected chi connectivity index (χ1v) is 6.05. The lowest BCUT2D eigenvalue weighted by Gasteiger charge is -2.27. The van der Waals surface area contributed by atoms with Crippen LogP contribution in [0.25, 0.3) is 0 Å². The standard InChI is InChI=1S/C14H19NO/c1-10-5-4-6-11(9-10)14(16)12-7-2-3-8-13(12)15/h4-6,9,12-13H,2-3,7-8,15H2,1H3. The largest absolute Gasteiger partial charge is 0.327 e. The molecule has 1 fully saturated rings. The normalized spacial score (nSPS) is 25.4. The Morgan fingerprint density at radius 3 is 2.75 bits per heavy atom. The summed E-state index contributed by atoms with van der Waals surface area (Å²) in [5.41, 5.74) is 7.99. The molecule has 1 aliphatic rings. The van der Waals surface area contributed by atoms with E-state index in [1.807, 2.05) is 31.2 Å². The van der Waals surface area contributed by atoms with Gasteiger partial charge in [-0.1, -0.05) is 36.6 Å². The van der Waals surface area contributed by atoms with Crippen LogP contribution in [0.1, 0.15) is 41.6 Å². The van der Waals surface area contributed by atoms with Crippen molar-refractivity contribution in [1.82, 2.24) is 0 Å². The quantitative estimate of drug-likeness (QED) is 0.774. The molecule has 0 saturated heterocycles. The number of Topliss-reactive ketones (excluding diaryl/α,β-unsaturated/α-hetero) is 1. The van der Waals surface area contributed by atoms with E-state index in [-0.39, 0.29) is 17.7 Å². The summed E-state index contributed by atoms with van der Waals surface area (Å²) < 4.78 is 0. The highest BCUT2D eigenvalue weighted by molar-refractivity contribution is 5.98. The summed E-state index contributed by atoms with van der Waals surface area (Å²) in [4.78, 5) is 12.3. The van der Waals surface area contributed by atoms with E-state index in [0.29, 0.717) is 0 Å². The number of hydrogen-bond donors (Lipinski definition) is 1. The van der Waals surface area contributed by atoms with Crippen molar-refractivity contribution in [1.29, 1.82) is 0 Å². The fourth-order valence-electron chi connectivity index (χ4n) is 2.50. The van der Waals surface area contributed by atoms with Gasteiger partial charge in [0.05, 0.1) is 0 Å². The molecule has 16 heavy (non-hydrogen) atoms. The number of rotatable bonds is 2. The van der Waals surface area contributed by atoms with E-state index in [0.717, 1.165) is 30.4 Å². The number of hydrogen-bond acceptors (Lipinski definition) is 2. The topological polar surface area (TPSA) is 43.1 Å². The van der Waals surface area contributed by atoms with E-state index in [2.05, 4.69) is 0 Å². The number of carbonyl (C=O) groups excluding carboxylic acids is 1. The van der Waals surface area contributed by atoms with Crippen molar-refractivity contribution < 1.29 is 4.79 Å². The van der Waals surface area contributed by atoms with Crippen molar-refractivity contribution >= 4 is 5.78 Å². The van der Waals surface area contributed by atoms with E-state index < -0.39 is 0 Å². The number of benzene rings is 1. The maximum atomic E-state index is 12.3. The zero-order valence-electron chi connectivity index (χ0n) is 9.78. The van der Waals surface area contributed by atoms with Crippen LogP contribution in [0, 0.1) is 12.8 Å². The van der Waals surface area contributed by atoms with Crippen molar-refractivity contribution in [2.45, 2.75) is 38.6 Å². The average molecular weight is 217 g/mol. The molecule has 2 unspecified atom stereocenters. The van der Waals surface area contributed by atoms with Gasteiger partial charge in [-0.05, 0) is 25.8 Å². The highest BCUT2D eigenvalue weighted by Crippen LogP contribution is 2.26. The zero-order valence-corrected chi connectivity index (χ0v) is 9.78. The van der Waals surface area contributed by atoms with Crippen molar-refractivity contribution in [3.05, 3.63) is 35.4 Å². The summed E-state index contributed by atoms with van der Waals surface area (Å²) in [7, 11) is 0. The molecule has 0 heterocycles. The lowest BCUT2D eigenvalue weighted by atomic mass is 9.80. The molecule has 2 rings (SSSR count). The van der Waals surface area contributed by atoms with Gasteiger partial charge in [0.2, 0.25) is 0 Å². The van der Waals surface area contributed by atoms with Crippen LogP contribution >= 0.6 is 0 Å². The van der Waals surface area contributed by atoms with Gasteiger partial charge in [0.25, 0.3) is 0 Å². The van der Waals surface area contributed by atoms with Crippen LogP contribution in [0.15, 0.2) is 24.3 Å². The third kappa shape index (κ3) is 2.33. The second-order valence-corrected chi connectivity index (χ2v) is 4.79. The molecule has 2 nitrogen and oxygen atoms in total. The maximum Gasteiger partial charge on any atom is 0.167 e. The number of ketones is 1. The number of carbonyl (C=O) groups is 1. The van der Waals surface area contributed by atoms with Gasteiger partial charge in [-0.15, -0.1) is 0 Å². The molecule has 1 saturated carbocycles. The smallest absolute Gasteiger partial charge is 0.167 e. The average Bonchev–Trinajstić information content (AvgIpc) is 2.29. The van der Waals surface area contributed by atoms with E-state index in [1.54, 1.807) is 0 Å². The van der Waals surface area contributed by atoms with Crippen LogP contribution in [0.3, 0.4) is 0 Å². The van der Waals surface area contributed by atoms with Gasteiger partial charge in [-0.25, -0.2) is 0 Å². The Morgan fingerprint density at radius 2 is 2.06 bits per heavy atom. The fourth-order valence-corrected chi connectivity index (χ4v) is 2.50. The Balaban J connectivity index is 2.17. The molecule has 0 amide bonds. The van der Waals surface area contributed by atoms with E-state index in [1.165, 1.54) is 6.42 Å². The van der Waals surface area contributed by atoms with Gasteiger partial charge in [-0.3, -0.25) is 4.79 Å². The molecule has 1 aromatic carbocycles. The van der Waals surface area contributed by atoms with Crippen LogP contribution < -0.4 is 5.73 Å². The van der Waals surface area contributed by atoms with Crippen molar-refractivity contribution in [2.24, 2.45) is 11.7 Å². The van der Waals surface area contributed by atoms with Gasteiger partial charge in [-0.2, -0.15) is 0 Å². The molecule has 1 aliphatic carbocycles. The monoisotopic (exact) mass is 217 g/mol. The van der Waals surface area contributed by atoms with Gasteiger partial charge >= 0.3 is 0 Å². The minimum atomic E-state index is 0.0375. The number of nitrogens with two attached hydrogens (primary N) is 1. The predicted molar refractivity (Wildman–Crippen MR) is 65.4 cm³/mol. The molecule has 0 aliphatic heterocycles. The molecule has 2 N–H and O–H groups in total. The summed E-state index contributed by atoms with van der Waals surface area (Å²) in [6, 6.07) is 7.87. The van der Waals surface area contributed by atoms with Crippen LogP contribution in [-0.2, 0) is 0 Å². The first kappa shape index (κ1) is 11.3. The summed E-state index contributed by atoms with van der Waals surface area (Å²) in [5.74, 6) is 0.270. The van der Waals surface area contributed by atoms with E-state index >= 15 is 0 Å². The predicted octanol–water partition coefficient (Wildman–Crippen LogP) is 2.70. The number of aryl methyl sites for hydroxylation is 1. The van der Waals surface area contributed by atoms with Gasteiger partial charge < -0.3 is 5.73 Å². The minimum Gasteiger partial charge on any atom is -0.327 e. The molecule has 2 heteroatoms. The maximum absolute atomic E-state index is 12.3. The SMILES string of the molecule is Cc1cccc(C(=O)C2CCCCC2N)c1. The third-order valence-electron chi connectivity index (χ3n) is 3.46. The minimum absolute atomic E-state index is 0.0375. The molecular formula is C14H19NO. The molecule has 0 spiro atoms. The van der Waals surface area contributed by atoms with Gasteiger partial charge in [0.15, 0.2) is 5.78 Å². The Hall–Kier alpha value is -1.15. The molecule has 86 valence electrons. The van der Waals surface area contributed by atoms with Gasteiger partial charge in [0.1, 0.15) is 0 Å². The molecule has 1 aromatic rings. The fraction of sp³-hybridized carbons (Fsp3) is 0.500. The lowest BCUT2D eigenvalue weighted by Crippen LogP contribution is -2.38. The highest BCUT2D eigenvalue weighted by atomic mass is 16.1. The Morgan fingerprint density at radius 1 is 1.31 bits per heavy atom. The zero-order chi connectivity index (χ0) is 11.5. The summed E-state index contributed by atoms with van der Waals surface area (Å²) in [6.45, 7) is 2.01. The van der Waals surface area contributed by atoms with Crippen LogP contribution in [-0.4, -0.2) is 11.8 Å². The van der Waals surface area contributed by atoms with Crippen molar-refractivity contribution in [3.8, 4) is 0 Å². The van der Waals surface area contributed by atoms with Crippen LogP contribution in [0.4, 0.5) is 0 Å². The van der Waals surface area contributed by atoms with Crippen LogP contribution in [0.5, 0.6) is 0 Å². The Kier molecular flexibility index (Phi) is 3.39. The summed E-state index contributed by atoms with van der Waals surface area (Å²) >= 11 is 0.